The minimum absolute atomic E-state index is 0.0542. The summed E-state index contributed by atoms with van der Waals surface area (Å²) in [7, 11) is 0.00250. The molecule has 0 atom stereocenters. The van der Waals surface area contributed by atoms with Gasteiger partial charge in [0.1, 0.15) is 18.2 Å². The quantitative estimate of drug-likeness (QED) is 0.149. The molecule has 1 aliphatic rings. The van der Waals surface area contributed by atoms with Gasteiger partial charge in [-0.1, -0.05) is 39.0 Å². The lowest BCUT2D eigenvalue weighted by Crippen LogP contribution is -2.42. The molecule has 48 heavy (non-hydrogen) atoms. The van der Waals surface area contributed by atoms with E-state index in [0.29, 0.717) is 35.7 Å². The molecule has 1 heterocycles. The van der Waals surface area contributed by atoms with Crippen molar-refractivity contribution < 1.29 is 35.6 Å². The Balaban J connectivity index is 1.92. The predicted molar refractivity (Wildman–Crippen MR) is 170 cm³/mol. The maximum absolute atomic E-state index is 13.5. The largest absolute Gasteiger partial charge is 0.416 e. The molecule has 3 rings (SSSR count). The number of nitrogens with zero attached hydrogens (tertiary/aromatic N) is 5. The van der Waals surface area contributed by atoms with Gasteiger partial charge in [0.2, 0.25) is 0 Å². The molecule has 1 aliphatic heterocycles. The fourth-order valence-electron chi connectivity index (χ4n) is 4.52. The molecule has 0 unspecified atom stereocenters. The Bertz CT molecular complexity index is 1730. The van der Waals surface area contributed by atoms with Gasteiger partial charge in [-0.05, 0) is 65.7 Å². The van der Waals surface area contributed by atoms with Gasteiger partial charge in [-0.2, -0.15) is 42.1 Å². The summed E-state index contributed by atoms with van der Waals surface area (Å²) >= 11 is 0. The van der Waals surface area contributed by atoms with Crippen LogP contribution in [0.3, 0.4) is 0 Å². The number of rotatable bonds is 9. The monoisotopic (exact) mass is 685 g/mol. The van der Waals surface area contributed by atoms with Gasteiger partial charge in [0, 0.05) is 19.3 Å². The third-order valence-corrected chi connectivity index (χ3v) is 12.8. The number of hydrogen-bond acceptors (Lipinski definition) is 6. The molecule has 0 radical (unpaired) electrons. The van der Waals surface area contributed by atoms with Gasteiger partial charge < -0.3 is 14.2 Å². The van der Waals surface area contributed by atoms with Crippen LogP contribution in [0.2, 0.25) is 18.1 Å². The highest BCUT2D eigenvalue weighted by molar-refractivity contribution is 6.74. The molecule has 0 spiro atoms. The summed E-state index contributed by atoms with van der Waals surface area (Å²) in [6.07, 6.45) is -7.53. The van der Waals surface area contributed by atoms with E-state index < -0.39 is 66.7 Å². The Morgan fingerprint density at radius 1 is 0.917 bits per heavy atom. The Labute approximate surface area is 276 Å². The Hall–Kier alpha value is -4.84. The van der Waals surface area contributed by atoms with Crippen molar-refractivity contribution in [2.24, 2.45) is 0 Å². The lowest BCUT2D eigenvalue weighted by molar-refractivity contribution is -0.143. The molecule has 2 aromatic rings. The summed E-state index contributed by atoms with van der Waals surface area (Å²) in [5, 5.41) is 29.1. The van der Waals surface area contributed by atoms with E-state index in [1.54, 1.807) is 30.3 Å². The third kappa shape index (κ3) is 8.54. The molecule has 2 aromatic carbocycles. The molecule has 0 saturated carbocycles. The zero-order valence-electron chi connectivity index (χ0n) is 27.1. The number of benzene rings is 2. The number of anilines is 1. The van der Waals surface area contributed by atoms with Crippen LogP contribution in [0.15, 0.2) is 71.0 Å². The second-order valence-corrected chi connectivity index (χ2v) is 17.4. The van der Waals surface area contributed by atoms with Crippen LogP contribution in [0.25, 0.3) is 6.08 Å². The number of amides is 1. The first-order valence-electron chi connectivity index (χ1n) is 14.6. The minimum Gasteiger partial charge on any atom is -0.415 e. The van der Waals surface area contributed by atoms with Crippen molar-refractivity contribution in [3.05, 3.63) is 93.2 Å². The Kier molecular flexibility index (Phi) is 11.1. The lowest BCUT2D eigenvalue weighted by Gasteiger charge is -2.36. The SMILES string of the molecule is CN(CCO[Si](C)(C)C(C)(C)C)c1ccc(/C=C/C2=C(C#N)C(=C(C#N)C#N)N(Cc3cc(C(F)(F)F)cc(C(F)(F)F)c3)C2=O)cc1. The van der Waals surface area contributed by atoms with Gasteiger partial charge in [0.15, 0.2) is 13.9 Å². The van der Waals surface area contributed by atoms with E-state index in [-0.39, 0.29) is 16.7 Å². The smallest absolute Gasteiger partial charge is 0.415 e. The predicted octanol–water partition coefficient (Wildman–Crippen LogP) is 8.36. The molecule has 0 bridgehead atoms. The molecule has 0 aliphatic carbocycles. The lowest BCUT2D eigenvalue weighted by atomic mass is 10.0. The number of allylic oxidation sites excluding steroid dienone is 2. The molecule has 0 saturated heterocycles. The third-order valence-electron chi connectivity index (χ3n) is 8.28. The zero-order valence-corrected chi connectivity index (χ0v) is 28.1. The van der Waals surface area contributed by atoms with Crippen molar-refractivity contribution in [2.75, 3.05) is 25.1 Å². The van der Waals surface area contributed by atoms with Gasteiger partial charge in [-0.25, -0.2) is 0 Å². The van der Waals surface area contributed by atoms with E-state index in [9.17, 15) is 46.9 Å². The van der Waals surface area contributed by atoms with E-state index in [0.717, 1.165) is 5.69 Å². The first kappa shape index (κ1) is 37.6. The maximum atomic E-state index is 13.5. The van der Waals surface area contributed by atoms with Crippen LogP contribution in [0, 0.1) is 34.0 Å². The van der Waals surface area contributed by atoms with Crippen LogP contribution in [0.1, 0.15) is 43.0 Å². The summed E-state index contributed by atoms with van der Waals surface area (Å²) in [6.45, 7) is 11.1. The van der Waals surface area contributed by atoms with Crippen molar-refractivity contribution >= 4 is 26.0 Å². The van der Waals surface area contributed by atoms with Crippen LogP contribution in [-0.2, 0) is 28.1 Å². The van der Waals surface area contributed by atoms with Gasteiger partial charge in [0.05, 0.1) is 41.1 Å². The van der Waals surface area contributed by atoms with Crippen molar-refractivity contribution in [1.29, 1.82) is 15.8 Å². The summed E-state index contributed by atoms with van der Waals surface area (Å²) in [5.41, 5.74) is -4.23. The average Bonchev–Trinajstić information content (AvgIpc) is 3.25. The van der Waals surface area contributed by atoms with Gasteiger partial charge >= 0.3 is 12.4 Å². The van der Waals surface area contributed by atoms with Crippen LogP contribution in [0.5, 0.6) is 0 Å². The van der Waals surface area contributed by atoms with Crippen LogP contribution in [0.4, 0.5) is 32.0 Å². The number of halogens is 6. The zero-order chi connectivity index (χ0) is 36.2. The molecule has 7 nitrogen and oxygen atoms in total. The van der Waals surface area contributed by atoms with Gasteiger partial charge in [0.25, 0.3) is 5.91 Å². The van der Waals surface area contributed by atoms with E-state index in [1.807, 2.05) is 24.1 Å². The Morgan fingerprint density at radius 2 is 1.46 bits per heavy atom. The normalized spacial score (nSPS) is 14.3. The van der Waals surface area contributed by atoms with Crippen molar-refractivity contribution in [1.82, 2.24) is 4.90 Å². The van der Waals surface area contributed by atoms with Crippen molar-refractivity contribution in [3.8, 4) is 18.2 Å². The summed E-state index contributed by atoms with van der Waals surface area (Å²) in [6, 6.07) is 12.8. The number of carbonyl (C=O) groups excluding carboxylic acids is 1. The Morgan fingerprint density at radius 3 is 1.92 bits per heavy atom. The van der Waals surface area contributed by atoms with Gasteiger partial charge in [-0.15, -0.1) is 0 Å². The first-order chi connectivity index (χ1) is 22.1. The fraction of sp³-hybridized carbons (Fsp3) is 0.353. The fourth-order valence-corrected chi connectivity index (χ4v) is 5.56. The number of alkyl halides is 6. The summed E-state index contributed by atoms with van der Waals surface area (Å²) in [5.74, 6) is -0.982. The molecule has 252 valence electrons. The molecular weight excluding hydrogens is 652 g/mol. The van der Waals surface area contributed by atoms with E-state index in [2.05, 4.69) is 33.9 Å². The molecule has 0 fully saturated rings. The highest BCUT2D eigenvalue weighted by atomic mass is 28.4. The van der Waals surface area contributed by atoms with Gasteiger partial charge in [-0.3, -0.25) is 4.79 Å². The van der Waals surface area contributed by atoms with Crippen LogP contribution >= 0.6 is 0 Å². The highest BCUT2D eigenvalue weighted by Gasteiger charge is 2.40. The number of hydrogen-bond donors (Lipinski definition) is 0. The van der Waals surface area contributed by atoms with E-state index in [4.69, 9.17) is 4.43 Å². The molecule has 14 heteroatoms. The average molecular weight is 686 g/mol. The highest BCUT2D eigenvalue weighted by Crippen LogP contribution is 2.39. The van der Waals surface area contributed by atoms with E-state index in [1.165, 1.54) is 12.2 Å². The van der Waals surface area contributed by atoms with Crippen LogP contribution in [-0.4, -0.2) is 39.3 Å². The van der Waals surface area contributed by atoms with Crippen molar-refractivity contribution in [2.45, 2.75) is 57.8 Å². The number of nitriles is 3. The second kappa shape index (κ2) is 14.1. The maximum Gasteiger partial charge on any atom is 0.416 e. The summed E-state index contributed by atoms with van der Waals surface area (Å²) in [4.78, 5) is 16.2. The minimum atomic E-state index is -5.14. The standard InChI is InChI=1S/C34H33F6N5O2Si/c1-32(2,3)48(5,6)47-14-13-44(4)27-10-7-22(8-11-27)9-12-28-29(20-43)30(24(18-41)19-42)45(31(28)46)21-23-15-25(33(35,36)37)17-26(16-23)34(38,39)40/h7-12,15-17H,13-14,21H2,1-6H3/b12-9+. The first-order valence-corrected chi connectivity index (χ1v) is 17.5. The van der Waals surface area contributed by atoms with E-state index >= 15 is 0 Å². The topological polar surface area (TPSA) is 104 Å². The molecule has 1 amide bonds. The molecule has 0 aromatic heterocycles. The number of likely N-dealkylation sites (N-methyl/N-ethyl adjacent to an activating group) is 1. The van der Waals surface area contributed by atoms with Crippen molar-refractivity contribution in [3.63, 3.8) is 0 Å². The molecular formula is C34H33F6N5O2Si. The second-order valence-electron chi connectivity index (χ2n) is 12.6. The molecule has 0 N–H and O–H groups in total. The number of carbonyl (C=O) groups is 1. The van der Waals surface area contributed by atoms with Crippen LogP contribution < -0.4 is 4.90 Å². The summed E-state index contributed by atoms with van der Waals surface area (Å²) < 4.78 is 87.1.